The van der Waals surface area contributed by atoms with Gasteiger partial charge in [0.15, 0.2) is 0 Å². The van der Waals surface area contributed by atoms with Crippen molar-refractivity contribution in [1.82, 2.24) is 10.9 Å². The fourth-order valence-electron chi connectivity index (χ4n) is 3.04. The lowest BCUT2D eigenvalue weighted by Gasteiger charge is -2.11. The Balaban J connectivity index is 1.83. The zero-order chi connectivity index (χ0) is 22.6. The van der Waals surface area contributed by atoms with Gasteiger partial charge in [-0.05, 0) is 29.4 Å². The standard InChI is InChI=1S/C25H32N4O2/c1-18(2)24(20-12-7-5-8-13-20)28-26-22(30)16-11-17-23(31)27-29-25(19(3)4)21-14-9-6-10-15-21/h5-10,12-15,18-19H,11,16-17H2,1-4H3,(H,26,30)(H,27,31)/b28-24+,29-25+. The molecule has 0 atom stereocenters. The highest BCUT2D eigenvalue weighted by Gasteiger charge is 2.11. The van der Waals surface area contributed by atoms with Gasteiger partial charge >= 0.3 is 0 Å². The van der Waals surface area contributed by atoms with Crippen molar-refractivity contribution in [2.45, 2.75) is 47.0 Å². The van der Waals surface area contributed by atoms with Gasteiger partial charge in [0.05, 0.1) is 11.4 Å². The molecule has 6 nitrogen and oxygen atoms in total. The Labute approximate surface area is 184 Å². The van der Waals surface area contributed by atoms with Gasteiger partial charge in [0, 0.05) is 12.8 Å². The number of hydrogen-bond donors (Lipinski definition) is 2. The zero-order valence-electron chi connectivity index (χ0n) is 18.8. The van der Waals surface area contributed by atoms with E-state index in [1.807, 2.05) is 88.4 Å². The number of amides is 2. The van der Waals surface area contributed by atoms with Crippen LogP contribution in [-0.4, -0.2) is 23.2 Å². The number of hydrogen-bond acceptors (Lipinski definition) is 4. The van der Waals surface area contributed by atoms with E-state index in [9.17, 15) is 9.59 Å². The van der Waals surface area contributed by atoms with E-state index < -0.39 is 0 Å². The normalized spacial score (nSPS) is 12.2. The molecule has 0 heterocycles. The summed E-state index contributed by atoms with van der Waals surface area (Å²) in [5.74, 6) is -0.0766. The summed E-state index contributed by atoms with van der Waals surface area (Å²) in [4.78, 5) is 24.3. The Morgan fingerprint density at radius 1 is 0.677 bits per heavy atom. The minimum atomic E-state index is -0.211. The van der Waals surface area contributed by atoms with Crippen LogP contribution in [0.25, 0.3) is 0 Å². The fraction of sp³-hybridized carbons (Fsp3) is 0.360. The Morgan fingerprint density at radius 2 is 1.03 bits per heavy atom. The van der Waals surface area contributed by atoms with E-state index in [0.29, 0.717) is 6.42 Å². The van der Waals surface area contributed by atoms with E-state index in [1.54, 1.807) is 0 Å². The van der Waals surface area contributed by atoms with E-state index in [4.69, 9.17) is 0 Å². The van der Waals surface area contributed by atoms with Crippen LogP contribution >= 0.6 is 0 Å². The van der Waals surface area contributed by atoms with Gasteiger partial charge in [-0.25, -0.2) is 10.9 Å². The van der Waals surface area contributed by atoms with E-state index in [2.05, 4.69) is 21.1 Å². The number of nitrogens with zero attached hydrogens (tertiary/aromatic N) is 2. The van der Waals surface area contributed by atoms with Crippen LogP contribution in [0.3, 0.4) is 0 Å². The maximum absolute atomic E-state index is 12.1. The topological polar surface area (TPSA) is 82.9 Å². The minimum absolute atomic E-state index is 0.172. The Kier molecular flexibility index (Phi) is 9.62. The molecule has 0 saturated carbocycles. The number of carbonyl (C=O) groups excluding carboxylic acids is 2. The molecule has 2 N–H and O–H groups in total. The molecule has 6 heteroatoms. The molecule has 0 saturated heterocycles. The molecule has 0 unspecified atom stereocenters. The first kappa shape index (κ1) is 24.0. The van der Waals surface area contributed by atoms with Crippen LogP contribution in [-0.2, 0) is 9.59 Å². The summed E-state index contributed by atoms with van der Waals surface area (Å²) in [6, 6.07) is 19.5. The highest BCUT2D eigenvalue weighted by molar-refractivity contribution is 6.03. The summed E-state index contributed by atoms with van der Waals surface area (Å²) < 4.78 is 0. The third kappa shape index (κ3) is 8.16. The number of benzene rings is 2. The summed E-state index contributed by atoms with van der Waals surface area (Å²) in [6.07, 6.45) is 0.862. The summed E-state index contributed by atoms with van der Waals surface area (Å²) in [7, 11) is 0. The van der Waals surface area contributed by atoms with Crippen LogP contribution in [0, 0.1) is 11.8 Å². The summed E-state index contributed by atoms with van der Waals surface area (Å²) in [6.45, 7) is 8.13. The molecule has 0 spiro atoms. The molecule has 0 fully saturated rings. The second-order valence-electron chi connectivity index (χ2n) is 7.96. The van der Waals surface area contributed by atoms with Crippen molar-refractivity contribution in [3.63, 3.8) is 0 Å². The quantitative estimate of drug-likeness (QED) is 0.438. The first-order chi connectivity index (χ1) is 14.9. The molecule has 0 aliphatic rings. The van der Waals surface area contributed by atoms with Gasteiger partial charge in [0.25, 0.3) is 0 Å². The zero-order valence-corrected chi connectivity index (χ0v) is 18.8. The van der Waals surface area contributed by atoms with Crippen molar-refractivity contribution in [3.05, 3.63) is 71.8 Å². The van der Waals surface area contributed by atoms with Crippen molar-refractivity contribution in [2.24, 2.45) is 22.0 Å². The second kappa shape index (κ2) is 12.4. The molecule has 2 aromatic carbocycles. The van der Waals surface area contributed by atoms with E-state index in [-0.39, 0.29) is 36.5 Å². The van der Waals surface area contributed by atoms with Crippen LogP contribution in [0.4, 0.5) is 0 Å². The highest BCUT2D eigenvalue weighted by atomic mass is 16.2. The number of rotatable bonds is 10. The summed E-state index contributed by atoms with van der Waals surface area (Å²) in [5.41, 5.74) is 8.83. The molecule has 0 aromatic heterocycles. The molecule has 0 aliphatic carbocycles. The SMILES string of the molecule is CC(C)/C(=N\NC(=O)CCCC(=O)N/N=C(/c1ccccc1)C(C)C)c1ccccc1. The third-order valence-electron chi connectivity index (χ3n) is 4.64. The molecule has 2 rings (SSSR count). The smallest absolute Gasteiger partial charge is 0.240 e. The fourth-order valence-corrected chi connectivity index (χ4v) is 3.04. The molecule has 31 heavy (non-hydrogen) atoms. The second-order valence-corrected chi connectivity index (χ2v) is 7.96. The van der Waals surface area contributed by atoms with Gasteiger partial charge < -0.3 is 0 Å². The van der Waals surface area contributed by atoms with Crippen LogP contribution in [0.2, 0.25) is 0 Å². The molecule has 2 aromatic rings. The van der Waals surface area contributed by atoms with Crippen molar-refractivity contribution in [3.8, 4) is 0 Å². The van der Waals surface area contributed by atoms with Gasteiger partial charge in [0.1, 0.15) is 0 Å². The van der Waals surface area contributed by atoms with E-state index in [0.717, 1.165) is 22.6 Å². The predicted molar refractivity (Wildman–Crippen MR) is 126 cm³/mol. The van der Waals surface area contributed by atoms with Gasteiger partial charge in [-0.3, -0.25) is 9.59 Å². The average Bonchev–Trinajstić information content (AvgIpc) is 2.75. The lowest BCUT2D eigenvalue weighted by atomic mass is 10.0. The number of nitrogens with one attached hydrogen (secondary N) is 2. The number of hydrazone groups is 2. The Hall–Kier alpha value is -3.28. The van der Waals surface area contributed by atoms with E-state index >= 15 is 0 Å². The van der Waals surface area contributed by atoms with Crippen LogP contribution in [0.5, 0.6) is 0 Å². The van der Waals surface area contributed by atoms with Crippen molar-refractivity contribution in [2.75, 3.05) is 0 Å². The molecule has 2 amide bonds. The predicted octanol–water partition coefficient (Wildman–Crippen LogP) is 4.51. The third-order valence-corrected chi connectivity index (χ3v) is 4.64. The Morgan fingerprint density at radius 3 is 1.35 bits per heavy atom. The lowest BCUT2D eigenvalue weighted by Crippen LogP contribution is -2.24. The van der Waals surface area contributed by atoms with Crippen LogP contribution in [0.1, 0.15) is 58.1 Å². The van der Waals surface area contributed by atoms with E-state index in [1.165, 1.54) is 0 Å². The average molecular weight is 421 g/mol. The van der Waals surface area contributed by atoms with Gasteiger partial charge in [-0.15, -0.1) is 0 Å². The lowest BCUT2D eigenvalue weighted by molar-refractivity contribution is -0.122. The highest BCUT2D eigenvalue weighted by Crippen LogP contribution is 2.10. The van der Waals surface area contributed by atoms with Crippen LogP contribution in [0.15, 0.2) is 70.9 Å². The van der Waals surface area contributed by atoms with Gasteiger partial charge in [-0.2, -0.15) is 10.2 Å². The van der Waals surface area contributed by atoms with Crippen molar-refractivity contribution in [1.29, 1.82) is 0 Å². The van der Waals surface area contributed by atoms with Crippen molar-refractivity contribution < 1.29 is 9.59 Å². The maximum Gasteiger partial charge on any atom is 0.240 e. The van der Waals surface area contributed by atoms with Gasteiger partial charge in [0.2, 0.25) is 11.8 Å². The molecular formula is C25H32N4O2. The summed E-state index contributed by atoms with van der Waals surface area (Å²) >= 11 is 0. The molecule has 0 bridgehead atoms. The molecule has 0 radical (unpaired) electrons. The summed E-state index contributed by atoms with van der Waals surface area (Å²) in [5, 5.41) is 8.60. The minimum Gasteiger partial charge on any atom is -0.273 e. The monoisotopic (exact) mass is 420 g/mol. The van der Waals surface area contributed by atoms with Gasteiger partial charge in [-0.1, -0.05) is 88.4 Å². The molecular weight excluding hydrogens is 388 g/mol. The first-order valence-corrected chi connectivity index (χ1v) is 10.7. The first-order valence-electron chi connectivity index (χ1n) is 10.7. The largest absolute Gasteiger partial charge is 0.273 e. The molecule has 0 aliphatic heterocycles. The molecule has 164 valence electrons. The number of carbonyl (C=O) groups is 2. The Bertz CT molecular complexity index is 828. The van der Waals surface area contributed by atoms with Crippen LogP contribution < -0.4 is 10.9 Å². The van der Waals surface area contributed by atoms with Crippen molar-refractivity contribution >= 4 is 23.2 Å². The maximum atomic E-state index is 12.1.